The number of rotatable bonds is 9. The Morgan fingerprint density at radius 1 is 1.15 bits per heavy atom. The molecule has 2 N–H and O–H groups in total. The number of hydrogen-bond donors (Lipinski definition) is 2. The first-order valence-electron chi connectivity index (χ1n) is 7.31. The van der Waals surface area contributed by atoms with Crippen molar-refractivity contribution in [2.45, 2.75) is 45.8 Å². The van der Waals surface area contributed by atoms with E-state index in [1.165, 1.54) is 0 Å². The van der Waals surface area contributed by atoms with Crippen LogP contribution in [0.2, 0.25) is 0 Å². The molecular weight excluding hydrogens is 254 g/mol. The van der Waals surface area contributed by atoms with Crippen molar-refractivity contribution < 1.29 is 14.6 Å². The van der Waals surface area contributed by atoms with Gasteiger partial charge in [0.25, 0.3) is 0 Å². The number of hydrogen-bond acceptors (Lipinski definition) is 4. The van der Waals surface area contributed by atoms with Gasteiger partial charge in [-0.3, -0.25) is 0 Å². The third-order valence-corrected chi connectivity index (χ3v) is 3.63. The van der Waals surface area contributed by atoms with Crippen LogP contribution in [0.25, 0.3) is 0 Å². The van der Waals surface area contributed by atoms with Crippen LogP contribution < -0.4 is 14.8 Å². The average Bonchev–Trinajstić information content (AvgIpc) is 2.47. The SMILES string of the molecule is CCOc1cc(CNCC(O)(CC)CC)ccc1OC. The summed E-state index contributed by atoms with van der Waals surface area (Å²) < 4.78 is 10.8. The van der Waals surface area contributed by atoms with E-state index in [4.69, 9.17) is 9.47 Å². The molecule has 0 saturated heterocycles. The molecule has 114 valence electrons. The van der Waals surface area contributed by atoms with Crippen molar-refractivity contribution in [3.63, 3.8) is 0 Å². The molecule has 0 saturated carbocycles. The van der Waals surface area contributed by atoms with Crippen LogP contribution >= 0.6 is 0 Å². The van der Waals surface area contributed by atoms with Crippen molar-refractivity contribution in [3.05, 3.63) is 23.8 Å². The van der Waals surface area contributed by atoms with Crippen molar-refractivity contribution in [2.24, 2.45) is 0 Å². The van der Waals surface area contributed by atoms with E-state index in [2.05, 4.69) is 5.32 Å². The summed E-state index contributed by atoms with van der Waals surface area (Å²) in [5.74, 6) is 1.50. The molecule has 0 aliphatic heterocycles. The van der Waals surface area contributed by atoms with Gasteiger partial charge in [-0.2, -0.15) is 0 Å². The Hall–Kier alpha value is -1.26. The third-order valence-electron chi connectivity index (χ3n) is 3.63. The van der Waals surface area contributed by atoms with E-state index in [1.54, 1.807) is 7.11 Å². The van der Waals surface area contributed by atoms with Crippen molar-refractivity contribution >= 4 is 0 Å². The van der Waals surface area contributed by atoms with Gasteiger partial charge in [0.1, 0.15) is 0 Å². The van der Waals surface area contributed by atoms with Gasteiger partial charge in [-0.15, -0.1) is 0 Å². The molecule has 1 aromatic rings. The first kappa shape index (κ1) is 16.8. The van der Waals surface area contributed by atoms with Gasteiger partial charge in [0.05, 0.1) is 19.3 Å². The molecule has 0 spiro atoms. The number of nitrogens with one attached hydrogen (secondary N) is 1. The minimum atomic E-state index is -0.616. The quantitative estimate of drug-likeness (QED) is 0.731. The molecule has 1 rings (SSSR count). The first-order valence-corrected chi connectivity index (χ1v) is 7.31. The van der Waals surface area contributed by atoms with E-state index in [0.29, 0.717) is 19.7 Å². The Balaban J connectivity index is 2.62. The lowest BCUT2D eigenvalue weighted by Crippen LogP contribution is -2.39. The highest BCUT2D eigenvalue weighted by Crippen LogP contribution is 2.28. The fourth-order valence-electron chi connectivity index (χ4n) is 2.04. The Labute approximate surface area is 122 Å². The molecule has 0 bridgehead atoms. The van der Waals surface area contributed by atoms with Gasteiger partial charge in [-0.25, -0.2) is 0 Å². The minimum absolute atomic E-state index is 0.593. The monoisotopic (exact) mass is 281 g/mol. The van der Waals surface area contributed by atoms with Gasteiger partial charge >= 0.3 is 0 Å². The van der Waals surface area contributed by atoms with Gasteiger partial charge < -0.3 is 19.9 Å². The smallest absolute Gasteiger partial charge is 0.161 e. The van der Waals surface area contributed by atoms with Crippen LogP contribution in [0.4, 0.5) is 0 Å². The summed E-state index contributed by atoms with van der Waals surface area (Å²) >= 11 is 0. The summed E-state index contributed by atoms with van der Waals surface area (Å²) in [7, 11) is 1.64. The topological polar surface area (TPSA) is 50.7 Å². The van der Waals surface area contributed by atoms with E-state index in [1.807, 2.05) is 39.0 Å². The number of benzene rings is 1. The molecule has 0 aliphatic rings. The number of ether oxygens (including phenoxy) is 2. The lowest BCUT2D eigenvalue weighted by atomic mass is 9.97. The van der Waals surface area contributed by atoms with Crippen molar-refractivity contribution in [1.82, 2.24) is 5.32 Å². The molecule has 0 aliphatic carbocycles. The van der Waals surface area contributed by atoms with Crippen molar-refractivity contribution in [1.29, 1.82) is 0 Å². The fraction of sp³-hybridized carbons (Fsp3) is 0.625. The Morgan fingerprint density at radius 3 is 2.40 bits per heavy atom. The molecule has 20 heavy (non-hydrogen) atoms. The summed E-state index contributed by atoms with van der Waals surface area (Å²) in [6, 6.07) is 5.89. The highest BCUT2D eigenvalue weighted by molar-refractivity contribution is 5.42. The second-order valence-corrected chi connectivity index (χ2v) is 4.95. The summed E-state index contributed by atoms with van der Waals surface area (Å²) in [5.41, 5.74) is 0.499. The molecule has 0 fully saturated rings. The molecule has 4 nitrogen and oxygen atoms in total. The largest absolute Gasteiger partial charge is 0.493 e. The van der Waals surface area contributed by atoms with Gasteiger partial charge in [0, 0.05) is 13.1 Å². The molecule has 0 heterocycles. The third kappa shape index (κ3) is 4.69. The second kappa shape index (κ2) is 8.12. The van der Waals surface area contributed by atoms with Gasteiger partial charge in [-0.1, -0.05) is 19.9 Å². The zero-order chi connectivity index (χ0) is 15.0. The predicted octanol–water partition coefficient (Wildman–Crippen LogP) is 2.73. The van der Waals surface area contributed by atoms with Crippen LogP contribution in [-0.4, -0.2) is 31.0 Å². The Morgan fingerprint density at radius 2 is 1.85 bits per heavy atom. The molecule has 0 atom stereocenters. The maximum Gasteiger partial charge on any atom is 0.161 e. The van der Waals surface area contributed by atoms with Crippen LogP contribution in [-0.2, 0) is 6.54 Å². The van der Waals surface area contributed by atoms with E-state index in [-0.39, 0.29) is 0 Å². The molecule has 1 aromatic carbocycles. The maximum atomic E-state index is 10.2. The highest BCUT2D eigenvalue weighted by Gasteiger charge is 2.21. The number of methoxy groups -OCH3 is 1. The molecule has 0 radical (unpaired) electrons. The lowest BCUT2D eigenvalue weighted by molar-refractivity contribution is 0.0323. The maximum absolute atomic E-state index is 10.2. The van der Waals surface area contributed by atoms with Crippen LogP contribution in [0, 0.1) is 0 Å². The van der Waals surface area contributed by atoms with Gasteiger partial charge in [0.15, 0.2) is 11.5 Å². The van der Waals surface area contributed by atoms with Gasteiger partial charge in [0.2, 0.25) is 0 Å². The Bertz CT molecular complexity index is 403. The fourth-order valence-corrected chi connectivity index (χ4v) is 2.04. The highest BCUT2D eigenvalue weighted by atomic mass is 16.5. The molecule has 4 heteroatoms. The van der Waals surface area contributed by atoms with E-state index in [0.717, 1.165) is 29.9 Å². The summed E-state index contributed by atoms with van der Waals surface area (Å²) in [6.07, 6.45) is 1.51. The van der Waals surface area contributed by atoms with Crippen molar-refractivity contribution in [2.75, 3.05) is 20.3 Å². The predicted molar refractivity (Wildman–Crippen MR) is 81.4 cm³/mol. The summed E-state index contributed by atoms with van der Waals surface area (Å²) in [4.78, 5) is 0. The second-order valence-electron chi connectivity index (χ2n) is 4.95. The minimum Gasteiger partial charge on any atom is -0.493 e. The first-order chi connectivity index (χ1) is 9.58. The number of aliphatic hydroxyl groups is 1. The molecular formula is C16H27NO3. The zero-order valence-corrected chi connectivity index (χ0v) is 13.0. The zero-order valence-electron chi connectivity index (χ0n) is 13.0. The van der Waals surface area contributed by atoms with E-state index < -0.39 is 5.60 Å². The van der Waals surface area contributed by atoms with Crippen LogP contribution in [0.3, 0.4) is 0 Å². The van der Waals surface area contributed by atoms with E-state index >= 15 is 0 Å². The van der Waals surface area contributed by atoms with Crippen molar-refractivity contribution in [3.8, 4) is 11.5 Å². The van der Waals surface area contributed by atoms with E-state index in [9.17, 15) is 5.11 Å². The van der Waals surface area contributed by atoms with Crippen LogP contribution in [0.1, 0.15) is 39.2 Å². The molecule has 0 aromatic heterocycles. The van der Waals surface area contributed by atoms with Crippen LogP contribution in [0.15, 0.2) is 18.2 Å². The lowest BCUT2D eigenvalue weighted by Gasteiger charge is -2.25. The average molecular weight is 281 g/mol. The normalized spacial score (nSPS) is 11.4. The summed E-state index contributed by atoms with van der Waals surface area (Å²) in [5, 5.41) is 13.5. The van der Waals surface area contributed by atoms with Gasteiger partial charge in [-0.05, 0) is 37.5 Å². The molecule has 0 amide bonds. The summed E-state index contributed by atoms with van der Waals surface area (Å²) in [6.45, 7) is 7.87. The Kier molecular flexibility index (Phi) is 6.82. The molecule has 0 unspecified atom stereocenters. The van der Waals surface area contributed by atoms with Crippen LogP contribution in [0.5, 0.6) is 11.5 Å². The standard InChI is InChI=1S/C16H27NO3/c1-5-16(18,6-2)12-17-11-13-8-9-14(19-4)15(10-13)20-7-3/h8-10,17-18H,5-7,11-12H2,1-4H3.